The predicted molar refractivity (Wildman–Crippen MR) is 101 cm³/mol. The Morgan fingerprint density at radius 2 is 1.88 bits per heavy atom. The summed E-state index contributed by atoms with van der Waals surface area (Å²) in [5, 5.41) is 4.22. The van der Waals surface area contributed by atoms with Crippen molar-refractivity contribution in [1.29, 1.82) is 0 Å². The monoisotopic (exact) mass is 351 g/mol. The molecule has 1 saturated heterocycles. The zero-order valence-corrected chi connectivity index (χ0v) is 15.4. The minimum atomic E-state index is -0.240. The van der Waals surface area contributed by atoms with Crippen LogP contribution in [-0.4, -0.2) is 49.7 Å². The highest BCUT2D eigenvalue weighted by atomic mass is 16.5. The van der Waals surface area contributed by atoms with Crippen LogP contribution in [0, 0.1) is 0 Å². The van der Waals surface area contributed by atoms with E-state index in [2.05, 4.69) is 33.8 Å². The molecule has 0 aliphatic carbocycles. The minimum absolute atomic E-state index is 0.240. The maximum atomic E-state index is 6.22. The lowest BCUT2D eigenvalue weighted by atomic mass is 10.1. The number of rotatable bonds is 5. The minimum Gasteiger partial charge on any atom is -0.485 e. The largest absolute Gasteiger partial charge is 0.485 e. The Labute approximate surface area is 153 Å². The molecule has 1 aliphatic rings. The molecule has 0 spiro atoms. The Hall–Kier alpha value is -2.47. The van der Waals surface area contributed by atoms with Crippen LogP contribution < -0.4 is 4.74 Å². The van der Waals surface area contributed by atoms with Gasteiger partial charge in [-0.15, -0.1) is 0 Å². The third-order valence-electron chi connectivity index (χ3n) is 4.73. The highest BCUT2D eigenvalue weighted by Gasteiger charge is 2.25. The summed E-state index contributed by atoms with van der Waals surface area (Å²) in [5.74, 6) is 0.795. The number of likely N-dealkylation sites (tertiary alicyclic amines) is 1. The first kappa shape index (κ1) is 17.0. The number of piperidine rings is 1. The summed E-state index contributed by atoms with van der Waals surface area (Å²) in [5.41, 5.74) is 2.38. The first-order chi connectivity index (χ1) is 12.6. The van der Waals surface area contributed by atoms with Gasteiger partial charge in [-0.25, -0.2) is 9.50 Å². The number of aromatic nitrogens is 4. The summed E-state index contributed by atoms with van der Waals surface area (Å²) in [6.07, 6.45) is 11.2. The quantitative estimate of drug-likeness (QED) is 0.705. The molecular formula is C20H25N5O. The third-order valence-corrected chi connectivity index (χ3v) is 4.73. The average molecular weight is 351 g/mol. The molecule has 6 heteroatoms. The predicted octanol–water partition coefficient (Wildman–Crippen LogP) is 3.43. The lowest BCUT2D eigenvalue weighted by molar-refractivity contribution is 0.0517. The molecule has 26 heavy (non-hydrogen) atoms. The standard InChI is InChI=1S/C20H25N5O/c1-20(2,15-24-10-4-3-5-11-24)26-17-6-7-18(21-13-17)16-12-22-19-8-9-23-25(19)14-16/h6-9,12-14H,3-5,10-11,15H2,1-2H3. The van der Waals surface area contributed by atoms with Gasteiger partial charge in [0.1, 0.15) is 11.4 Å². The smallest absolute Gasteiger partial charge is 0.154 e. The first-order valence-corrected chi connectivity index (χ1v) is 9.26. The first-order valence-electron chi connectivity index (χ1n) is 9.26. The lowest BCUT2D eigenvalue weighted by Crippen LogP contribution is -2.44. The van der Waals surface area contributed by atoms with E-state index in [0.717, 1.165) is 29.2 Å². The molecule has 0 unspecified atom stereocenters. The van der Waals surface area contributed by atoms with E-state index in [-0.39, 0.29) is 5.60 Å². The van der Waals surface area contributed by atoms with Crippen LogP contribution in [0.4, 0.5) is 0 Å². The topological polar surface area (TPSA) is 55.5 Å². The van der Waals surface area contributed by atoms with Crippen molar-refractivity contribution in [3.63, 3.8) is 0 Å². The van der Waals surface area contributed by atoms with Gasteiger partial charge in [0, 0.05) is 30.6 Å². The van der Waals surface area contributed by atoms with Crippen LogP contribution in [0.3, 0.4) is 0 Å². The highest BCUT2D eigenvalue weighted by Crippen LogP contribution is 2.23. The van der Waals surface area contributed by atoms with Gasteiger partial charge in [0.15, 0.2) is 5.65 Å². The van der Waals surface area contributed by atoms with Gasteiger partial charge in [0.2, 0.25) is 0 Å². The maximum Gasteiger partial charge on any atom is 0.154 e. The number of pyridine rings is 1. The molecule has 0 saturated carbocycles. The molecule has 1 aliphatic heterocycles. The number of hydrogen-bond donors (Lipinski definition) is 0. The fourth-order valence-corrected chi connectivity index (χ4v) is 3.56. The fraction of sp³-hybridized carbons (Fsp3) is 0.450. The summed E-state index contributed by atoms with van der Waals surface area (Å²) >= 11 is 0. The third kappa shape index (κ3) is 3.85. The summed E-state index contributed by atoms with van der Waals surface area (Å²) in [7, 11) is 0. The number of ether oxygens (including phenoxy) is 1. The van der Waals surface area contributed by atoms with Gasteiger partial charge in [-0.05, 0) is 51.9 Å². The van der Waals surface area contributed by atoms with E-state index in [9.17, 15) is 0 Å². The molecular weight excluding hydrogens is 326 g/mol. The molecule has 0 atom stereocenters. The van der Waals surface area contributed by atoms with Gasteiger partial charge in [0.25, 0.3) is 0 Å². The van der Waals surface area contributed by atoms with Gasteiger partial charge in [-0.3, -0.25) is 9.88 Å². The van der Waals surface area contributed by atoms with E-state index in [1.807, 2.05) is 30.6 Å². The van der Waals surface area contributed by atoms with Crippen LogP contribution in [0.5, 0.6) is 5.75 Å². The average Bonchev–Trinajstić information content (AvgIpc) is 3.10. The molecule has 0 N–H and O–H groups in total. The summed E-state index contributed by atoms with van der Waals surface area (Å²) in [6.45, 7) is 7.57. The van der Waals surface area contributed by atoms with Gasteiger partial charge < -0.3 is 4.74 Å². The molecule has 4 heterocycles. The van der Waals surface area contributed by atoms with E-state index in [0.29, 0.717) is 0 Å². The SMILES string of the molecule is CC(C)(CN1CCCCC1)Oc1ccc(-c2cnc3ccnn3c2)nc1. The summed E-state index contributed by atoms with van der Waals surface area (Å²) in [4.78, 5) is 11.4. The van der Waals surface area contributed by atoms with E-state index < -0.39 is 0 Å². The molecule has 0 aromatic carbocycles. The highest BCUT2D eigenvalue weighted by molar-refractivity contribution is 5.59. The summed E-state index contributed by atoms with van der Waals surface area (Å²) in [6, 6.07) is 5.82. The van der Waals surface area contributed by atoms with Crippen molar-refractivity contribution < 1.29 is 4.74 Å². The number of nitrogens with zero attached hydrogens (tertiary/aromatic N) is 5. The Kier molecular flexibility index (Phi) is 4.59. The molecule has 0 bridgehead atoms. The van der Waals surface area contributed by atoms with Crippen molar-refractivity contribution >= 4 is 5.65 Å². The normalized spacial score (nSPS) is 16.1. The van der Waals surface area contributed by atoms with Crippen molar-refractivity contribution in [2.45, 2.75) is 38.7 Å². The van der Waals surface area contributed by atoms with E-state index in [1.165, 1.54) is 32.4 Å². The second-order valence-corrected chi connectivity index (χ2v) is 7.55. The van der Waals surface area contributed by atoms with E-state index in [1.54, 1.807) is 16.9 Å². The van der Waals surface area contributed by atoms with Crippen molar-refractivity contribution in [1.82, 2.24) is 24.5 Å². The number of hydrogen-bond acceptors (Lipinski definition) is 5. The van der Waals surface area contributed by atoms with Crippen molar-refractivity contribution in [2.75, 3.05) is 19.6 Å². The lowest BCUT2D eigenvalue weighted by Gasteiger charge is -2.35. The van der Waals surface area contributed by atoms with E-state index in [4.69, 9.17) is 4.74 Å². The Morgan fingerprint density at radius 1 is 1.04 bits per heavy atom. The Bertz CT molecular complexity index is 865. The van der Waals surface area contributed by atoms with E-state index >= 15 is 0 Å². The summed E-state index contributed by atoms with van der Waals surface area (Å²) < 4.78 is 7.97. The molecule has 1 fully saturated rings. The molecule has 0 amide bonds. The Balaban J connectivity index is 1.44. The van der Waals surface area contributed by atoms with Crippen LogP contribution in [0.2, 0.25) is 0 Å². The molecule has 3 aromatic rings. The van der Waals surface area contributed by atoms with Crippen LogP contribution in [0.25, 0.3) is 16.9 Å². The van der Waals surface area contributed by atoms with Crippen LogP contribution in [0.15, 0.2) is 43.0 Å². The van der Waals surface area contributed by atoms with Crippen molar-refractivity contribution in [3.05, 3.63) is 43.0 Å². The van der Waals surface area contributed by atoms with Crippen LogP contribution in [-0.2, 0) is 0 Å². The molecule has 6 nitrogen and oxygen atoms in total. The maximum absolute atomic E-state index is 6.22. The molecule has 136 valence electrons. The molecule has 3 aromatic heterocycles. The number of fused-ring (bicyclic) bond motifs is 1. The molecule has 0 radical (unpaired) electrons. The second-order valence-electron chi connectivity index (χ2n) is 7.55. The van der Waals surface area contributed by atoms with Crippen molar-refractivity contribution in [2.24, 2.45) is 0 Å². The Morgan fingerprint density at radius 3 is 2.65 bits per heavy atom. The zero-order chi connectivity index (χ0) is 18.0. The molecule has 4 rings (SSSR count). The van der Waals surface area contributed by atoms with Gasteiger partial charge in [-0.2, -0.15) is 5.10 Å². The van der Waals surface area contributed by atoms with Crippen LogP contribution in [0.1, 0.15) is 33.1 Å². The zero-order valence-electron chi connectivity index (χ0n) is 15.4. The second kappa shape index (κ2) is 7.03. The van der Waals surface area contributed by atoms with Crippen molar-refractivity contribution in [3.8, 4) is 17.0 Å². The van der Waals surface area contributed by atoms with Crippen LogP contribution >= 0.6 is 0 Å². The van der Waals surface area contributed by atoms with Gasteiger partial charge in [-0.1, -0.05) is 6.42 Å². The fourth-order valence-electron chi connectivity index (χ4n) is 3.56. The van der Waals surface area contributed by atoms with Gasteiger partial charge in [0.05, 0.1) is 18.1 Å². The van der Waals surface area contributed by atoms with Gasteiger partial charge >= 0.3 is 0 Å².